The molecule has 1 saturated heterocycles. The fourth-order valence-electron chi connectivity index (χ4n) is 3.86. The molecular weight excluding hydrogens is 320 g/mol. The molecule has 1 atom stereocenters. The standard InChI is InChI=1S/C22H26N4/c1-2-7-19(8-3-1)9-5-14-25-15-6-10-20(17-25)21-11-4-12-22(24-21)26-16-13-23-18-26/h1-4,7-8,11-13,16,18,20H,5-6,9-10,14-15,17H2/t20-/m1/s1. The molecule has 0 spiro atoms. The smallest absolute Gasteiger partial charge is 0.138 e. The molecule has 3 heterocycles. The van der Waals surface area contributed by atoms with Crippen LogP contribution < -0.4 is 0 Å². The van der Waals surface area contributed by atoms with E-state index in [2.05, 4.69) is 52.3 Å². The number of hydrogen-bond acceptors (Lipinski definition) is 3. The van der Waals surface area contributed by atoms with E-state index in [-0.39, 0.29) is 0 Å². The number of hydrogen-bond donors (Lipinski definition) is 0. The van der Waals surface area contributed by atoms with Crippen molar-refractivity contribution in [2.24, 2.45) is 0 Å². The van der Waals surface area contributed by atoms with Crippen LogP contribution in [0, 0.1) is 0 Å². The van der Waals surface area contributed by atoms with Crippen LogP contribution in [0.4, 0.5) is 0 Å². The van der Waals surface area contributed by atoms with Crippen molar-refractivity contribution in [2.75, 3.05) is 19.6 Å². The Morgan fingerprint density at radius 1 is 1.04 bits per heavy atom. The van der Waals surface area contributed by atoms with Gasteiger partial charge in [0.25, 0.3) is 0 Å². The summed E-state index contributed by atoms with van der Waals surface area (Å²) in [5.41, 5.74) is 2.65. The van der Waals surface area contributed by atoms with Crippen LogP contribution in [0.15, 0.2) is 67.3 Å². The molecule has 0 unspecified atom stereocenters. The van der Waals surface area contributed by atoms with Gasteiger partial charge in [-0.05, 0) is 56.5 Å². The van der Waals surface area contributed by atoms with Crippen molar-refractivity contribution in [3.05, 3.63) is 78.5 Å². The molecule has 0 aliphatic carbocycles. The first kappa shape index (κ1) is 17.0. The summed E-state index contributed by atoms with van der Waals surface area (Å²) in [6.45, 7) is 3.51. The molecule has 1 aliphatic rings. The van der Waals surface area contributed by atoms with Crippen LogP contribution in [-0.2, 0) is 6.42 Å². The Hall–Kier alpha value is -2.46. The Morgan fingerprint density at radius 3 is 2.81 bits per heavy atom. The number of aromatic nitrogens is 3. The highest BCUT2D eigenvalue weighted by molar-refractivity contribution is 5.26. The number of benzene rings is 1. The molecule has 1 aromatic carbocycles. The molecular formula is C22H26N4. The largest absolute Gasteiger partial charge is 0.303 e. The third-order valence-electron chi connectivity index (χ3n) is 5.23. The third-order valence-corrected chi connectivity index (χ3v) is 5.23. The van der Waals surface area contributed by atoms with Crippen LogP contribution in [0.5, 0.6) is 0 Å². The SMILES string of the molecule is c1ccc(CCCN2CCC[C@@H](c3cccc(-n4ccnc4)n3)C2)cc1. The van der Waals surface area contributed by atoms with Gasteiger partial charge in [-0.15, -0.1) is 0 Å². The summed E-state index contributed by atoms with van der Waals surface area (Å²) in [7, 11) is 0. The first-order valence-electron chi connectivity index (χ1n) is 9.60. The summed E-state index contributed by atoms with van der Waals surface area (Å²) in [4.78, 5) is 11.6. The second-order valence-corrected chi connectivity index (χ2v) is 7.12. The lowest BCUT2D eigenvalue weighted by Crippen LogP contribution is -2.35. The summed E-state index contributed by atoms with van der Waals surface area (Å²) >= 11 is 0. The van der Waals surface area contributed by atoms with Crippen molar-refractivity contribution >= 4 is 0 Å². The normalized spacial score (nSPS) is 18.1. The van der Waals surface area contributed by atoms with Gasteiger partial charge in [-0.3, -0.25) is 4.57 Å². The van der Waals surface area contributed by atoms with E-state index in [9.17, 15) is 0 Å². The summed E-state index contributed by atoms with van der Waals surface area (Å²) in [6, 6.07) is 17.1. The number of rotatable bonds is 6. The summed E-state index contributed by atoms with van der Waals surface area (Å²) in [5.74, 6) is 1.49. The summed E-state index contributed by atoms with van der Waals surface area (Å²) in [6.07, 6.45) is 10.4. The van der Waals surface area contributed by atoms with E-state index in [1.54, 1.807) is 6.20 Å². The van der Waals surface area contributed by atoms with Gasteiger partial charge in [0, 0.05) is 30.6 Å². The highest BCUT2D eigenvalue weighted by Gasteiger charge is 2.22. The molecule has 2 aromatic heterocycles. The summed E-state index contributed by atoms with van der Waals surface area (Å²) < 4.78 is 1.98. The Bertz CT molecular complexity index is 798. The zero-order valence-corrected chi connectivity index (χ0v) is 15.2. The predicted octanol–water partition coefficient (Wildman–Crippen LogP) is 4.08. The van der Waals surface area contributed by atoms with Gasteiger partial charge in [-0.1, -0.05) is 36.4 Å². The van der Waals surface area contributed by atoms with Gasteiger partial charge in [0.1, 0.15) is 12.1 Å². The van der Waals surface area contributed by atoms with E-state index in [4.69, 9.17) is 4.98 Å². The highest BCUT2D eigenvalue weighted by atomic mass is 15.1. The van der Waals surface area contributed by atoms with Crippen molar-refractivity contribution in [1.29, 1.82) is 0 Å². The first-order valence-corrected chi connectivity index (χ1v) is 9.60. The van der Waals surface area contributed by atoms with Gasteiger partial charge in [0.05, 0.1) is 0 Å². The second kappa shape index (κ2) is 8.28. The minimum Gasteiger partial charge on any atom is -0.303 e. The molecule has 1 aliphatic heterocycles. The maximum atomic E-state index is 4.90. The zero-order chi connectivity index (χ0) is 17.6. The van der Waals surface area contributed by atoms with E-state index in [1.165, 1.54) is 43.6 Å². The fourth-order valence-corrected chi connectivity index (χ4v) is 3.86. The Kier molecular flexibility index (Phi) is 5.41. The van der Waals surface area contributed by atoms with E-state index in [0.717, 1.165) is 18.8 Å². The molecule has 0 amide bonds. The quantitative estimate of drug-likeness (QED) is 0.674. The zero-order valence-electron chi connectivity index (χ0n) is 15.2. The molecule has 4 heteroatoms. The van der Waals surface area contributed by atoms with Crippen LogP contribution >= 0.6 is 0 Å². The van der Waals surface area contributed by atoms with Gasteiger partial charge >= 0.3 is 0 Å². The van der Waals surface area contributed by atoms with Crippen molar-refractivity contribution < 1.29 is 0 Å². The van der Waals surface area contributed by atoms with Gasteiger partial charge in [-0.2, -0.15) is 0 Å². The molecule has 4 nitrogen and oxygen atoms in total. The molecule has 4 rings (SSSR count). The maximum Gasteiger partial charge on any atom is 0.138 e. The van der Waals surface area contributed by atoms with E-state index in [1.807, 2.05) is 23.2 Å². The van der Waals surface area contributed by atoms with Gasteiger partial charge in [0.2, 0.25) is 0 Å². The average Bonchev–Trinajstić information content (AvgIpc) is 3.24. The molecule has 0 saturated carbocycles. The number of pyridine rings is 1. The van der Waals surface area contributed by atoms with Gasteiger partial charge in [0.15, 0.2) is 0 Å². The number of piperidine rings is 1. The first-order chi connectivity index (χ1) is 12.9. The van der Waals surface area contributed by atoms with Crippen LogP contribution in [0.3, 0.4) is 0 Å². The Morgan fingerprint density at radius 2 is 1.96 bits per heavy atom. The number of imidazole rings is 1. The molecule has 3 aromatic rings. The molecule has 26 heavy (non-hydrogen) atoms. The molecule has 1 fully saturated rings. The van der Waals surface area contributed by atoms with Crippen LogP contribution in [0.25, 0.3) is 5.82 Å². The van der Waals surface area contributed by atoms with Crippen molar-refractivity contribution in [1.82, 2.24) is 19.4 Å². The van der Waals surface area contributed by atoms with Crippen LogP contribution in [0.1, 0.15) is 36.4 Å². The Labute approximate surface area is 155 Å². The number of nitrogens with zero attached hydrogens (tertiary/aromatic N) is 4. The maximum absolute atomic E-state index is 4.90. The van der Waals surface area contributed by atoms with Crippen LogP contribution in [0.2, 0.25) is 0 Å². The lowest BCUT2D eigenvalue weighted by molar-refractivity contribution is 0.204. The number of aryl methyl sites for hydroxylation is 1. The molecule has 0 N–H and O–H groups in total. The van der Waals surface area contributed by atoms with Crippen molar-refractivity contribution in [2.45, 2.75) is 31.6 Å². The lowest BCUT2D eigenvalue weighted by Gasteiger charge is -2.32. The second-order valence-electron chi connectivity index (χ2n) is 7.12. The third kappa shape index (κ3) is 4.20. The van der Waals surface area contributed by atoms with E-state index < -0.39 is 0 Å². The van der Waals surface area contributed by atoms with Gasteiger partial charge < -0.3 is 4.90 Å². The molecule has 134 valence electrons. The van der Waals surface area contributed by atoms with Crippen molar-refractivity contribution in [3.63, 3.8) is 0 Å². The van der Waals surface area contributed by atoms with E-state index >= 15 is 0 Å². The summed E-state index contributed by atoms with van der Waals surface area (Å²) in [5, 5.41) is 0. The minimum absolute atomic E-state index is 0.531. The fraction of sp³-hybridized carbons (Fsp3) is 0.364. The number of likely N-dealkylation sites (tertiary alicyclic amines) is 1. The average molecular weight is 346 g/mol. The molecule has 0 bridgehead atoms. The topological polar surface area (TPSA) is 34.0 Å². The monoisotopic (exact) mass is 346 g/mol. The minimum atomic E-state index is 0.531. The van der Waals surface area contributed by atoms with Gasteiger partial charge in [-0.25, -0.2) is 9.97 Å². The van der Waals surface area contributed by atoms with E-state index in [0.29, 0.717) is 5.92 Å². The van der Waals surface area contributed by atoms with Crippen LogP contribution in [-0.4, -0.2) is 39.1 Å². The Balaban J connectivity index is 1.35. The lowest BCUT2D eigenvalue weighted by atomic mass is 9.94. The van der Waals surface area contributed by atoms with Crippen molar-refractivity contribution in [3.8, 4) is 5.82 Å². The predicted molar refractivity (Wildman–Crippen MR) is 105 cm³/mol. The highest BCUT2D eigenvalue weighted by Crippen LogP contribution is 2.26. The molecule has 0 radical (unpaired) electrons.